The zero-order chi connectivity index (χ0) is 15.2. The van der Waals surface area contributed by atoms with Crippen LogP contribution in [0.3, 0.4) is 0 Å². The number of nitrogens with two attached hydrogens (primary N) is 1. The number of hydrogen-bond donors (Lipinski definition) is 1. The highest BCUT2D eigenvalue weighted by atomic mass is 16.5. The fourth-order valence-corrected chi connectivity index (χ4v) is 3.70. The zero-order valence-corrected chi connectivity index (χ0v) is 13.7. The molecule has 0 aliphatic heterocycles. The molecule has 3 nitrogen and oxygen atoms in total. The molecule has 1 aliphatic rings. The highest BCUT2D eigenvalue weighted by molar-refractivity contribution is 5.20. The summed E-state index contributed by atoms with van der Waals surface area (Å²) in [5.74, 6) is 1.27. The summed E-state index contributed by atoms with van der Waals surface area (Å²) in [6.07, 6.45) is 3.69. The van der Waals surface area contributed by atoms with Crippen molar-refractivity contribution in [2.75, 3.05) is 27.3 Å². The fourth-order valence-electron chi connectivity index (χ4n) is 3.70. The number of ether oxygens (including phenoxy) is 1. The zero-order valence-electron chi connectivity index (χ0n) is 13.7. The lowest BCUT2D eigenvalue weighted by Crippen LogP contribution is -2.49. The van der Waals surface area contributed by atoms with E-state index in [2.05, 4.69) is 49.2 Å². The van der Waals surface area contributed by atoms with Crippen LogP contribution in [0.4, 0.5) is 0 Å². The van der Waals surface area contributed by atoms with E-state index < -0.39 is 0 Å². The lowest BCUT2D eigenvalue weighted by atomic mass is 9.74. The van der Waals surface area contributed by atoms with E-state index in [1.807, 2.05) is 0 Å². The van der Waals surface area contributed by atoms with Crippen LogP contribution in [0.2, 0.25) is 0 Å². The van der Waals surface area contributed by atoms with Gasteiger partial charge in [0.25, 0.3) is 0 Å². The molecule has 3 heteroatoms. The van der Waals surface area contributed by atoms with E-state index >= 15 is 0 Å². The van der Waals surface area contributed by atoms with Gasteiger partial charge in [0.2, 0.25) is 0 Å². The Morgan fingerprint density at radius 3 is 2.62 bits per heavy atom. The van der Waals surface area contributed by atoms with Crippen LogP contribution >= 0.6 is 0 Å². The van der Waals surface area contributed by atoms with Gasteiger partial charge in [-0.05, 0) is 57.2 Å². The first-order valence-corrected chi connectivity index (χ1v) is 8.13. The Kier molecular flexibility index (Phi) is 6.22. The number of benzene rings is 1. The van der Waals surface area contributed by atoms with Gasteiger partial charge >= 0.3 is 0 Å². The lowest BCUT2D eigenvalue weighted by molar-refractivity contribution is 0.0474. The molecule has 0 bridgehead atoms. The first-order valence-electron chi connectivity index (χ1n) is 8.13. The second-order valence-electron chi connectivity index (χ2n) is 6.45. The van der Waals surface area contributed by atoms with Gasteiger partial charge in [0.05, 0.1) is 6.61 Å². The molecule has 0 aromatic heterocycles. The molecular formula is C18H30N2O. The summed E-state index contributed by atoms with van der Waals surface area (Å²) in [7, 11) is 4.00. The van der Waals surface area contributed by atoms with Gasteiger partial charge in [-0.2, -0.15) is 0 Å². The van der Waals surface area contributed by atoms with E-state index in [1.54, 1.807) is 7.11 Å². The Hall–Kier alpha value is -0.900. The molecule has 118 valence electrons. The third kappa shape index (κ3) is 4.06. The third-order valence-electron chi connectivity index (χ3n) is 5.16. The lowest BCUT2D eigenvalue weighted by Gasteiger charge is -2.43. The minimum Gasteiger partial charge on any atom is -0.383 e. The van der Waals surface area contributed by atoms with E-state index in [1.165, 1.54) is 24.8 Å². The Bertz CT molecular complexity index is 409. The van der Waals surface area contributed by atoms with Crippen molar-refractivity contribution in [2.45, 2.75) is 44.2 Å². The molecule has 0 heterocycles. The molecular weight excluding hydrogens is 260 g/mol. The molecule has 1 aromatic rings. The normalized spacial score (nSPS) is 27.8. The molecule has 0 radical (unpaired) electrons. The summed E-state index contributed by atoms with van der Waals surface area (Å²) in [5, 5.41) is 0. The van der Waals surface area contributed by atoms with Crippen molar-refractivity contribution in [3.63, 3.8) is 0 Å². The summed E-state index contributed by atoms with van der Waals surface area (Å²) in [4.78, 5) is 2.48. The molecule has 2 N–H and O–H groups in total. The van der Waals surface area contributed by atoms with Gasteiger partial charge in [-0.15, -0.1) is 0 Å². The second-order valence-corrected chi connectivity index (χ2v) is 6.45. The van der Waals surface area contributed by atoms with Crippen molar-refractivity contribution >= 4 is 0 Å². The summed E-state index contributed by atoms with van der Waals surface area (Å²) < 4.78 is 5.32. The van der Waals surface area contributed by atoms with Gasteiger partial charge in [0, 0.05) is 19.2 Å². The molecule has 21 heavy (non-hydrogen) atoms. The smallest absolute Gasteiger partial charge is 0.0615 e. The monoisotopic (exact) mass is 290 g/mol. The number of nitrogens with zero attached hydrogens (tertiary/aromatic N) is 1. The minimum atomic E-state index is 0.434. The molecule has 0 saturated heterocycles. The van der Waals surface area contributed by atoms with Crippen molar-refractivity contribution in [2.24, 2.45) is 11.7 Å². The van der Waals surface area contributed by atoms with Crippen LogP contribution in [0.25, 0.3) is 0 Å². The first-order chi connectivity index (χ1) is 10.2. The van der Waals surface area contributed by atoms with Crippen LogP contribution in [-0.4, -0.2) is 44.3 Å². The van der Waals surface area contributed by atoms with Crippen LogP contribution in [0.15, 0.2) is 30.3 Å². The van der Waals surface area contributed by atoms with Gasteiger partial charge in [-0.1, -0.05) is 30.3 Å². The molecule has 0 spiro atoms. The Balaban J connectivity index is 2.09. The molecule has 1 saturated carbocycles. The first kappa shape index (κ1) is 16.5. The highest BCUT2D eigenvalue weighted by Gasteiger charge is 2.34. The highest BCUT2D eigenvalue weighted by Crippen LogP contribution is 2.38. The third-order valence-corrected chi connectivity index (χ3v) is 5.16. The summed E-state index contributed by atoms with van der Waals surface area (Å²) in [5.41, 5.74) is 7.51. The Morgan fingerprint density at radius 1 is 1.29 bits per heavy atom. The average molecular weight is 290 g/mol. The molecule has 4 atom stereocenters. The summed E-state index contributed by atoms with van der Waals surface area (Å²) in [6.45, 7) is 3.81. The van der Waals surface area contributed by atoms with Gasteiger partial charge < -0.3 is 10.5 Å². The number of likely N-dealkylation sites (N-methyl/N-ethyl adjacent to an activating group) is 1. The standard InChI is InChI=1S/C18H30N2O/c1-14(13-21-3)20(2)18-11-16(9-10-17(18)12-19)15-7-5-4-6-8-15/h4-8,14,16-18H,9-13,19H2,1-3H3. The molecule has 4 unspecified atom stereocenters. The maximum Gasteiger partial charge on any atom is 0.0615 e. The second kappa shape index (κ2) is 7.92. The predicted molar refractivity (Wildman–Crippen MR) is 88.5 cm³/mol. The molecule has 1 fully saturated rings. The van der Waals surface area contributed by atoms with Gasteiger partial charge in [0.15, 0.2) is 0 Å². The van der Waals surface area contributed by atoms with E-state index in [9.17, 15) is 0 Å². The van der Waals surface area contributed by atoms with E-state index in [-0.39, 0.29) is 0 Å². The summed E-state index contributed by atoms with van der Waals surface area (Å²) >= 11 is 0. The van der Waals surface area contributed by atoms with Crippen molar-refractivity contribution in [1.29, 1.82) is 0 Å². The molecule has 0 amide bonds. The van der Waals surface area contributed by atoms with Crippen LogP contribution < -0.4 is 5.73 Å². The topological polar surface area (TPSA) is 38.5 Å². The van der Waals surface area contributed by atoms with Gasteiger partial charge in [-0.3, -0.25) is 4.90 Å². The van der Waals surface area contributed by atoms with Crippen molar-refractivity contribution < 1.29 is 4.74 Å². The summed E-state index contributed by atoms with van der Waals surface area (Å²) in [6, 6.07) is 11.9. The fraction of sp³-hybridized carbons (Fsp3) is 0.667. The van der Waals surface area contributed by atoms with Gasteiger partial charge in [0.1, 0.15) is 0 Å². The maximum absolute atomic E-state index is 6.03. The largest absolute Gasteiger partial charge is 0.383 e. The molecule has 1 aromatic carbocycles. The maximum atomic E-state index is 6.03. The number of rotatable bonds is 6. The average Bonchev–Trinajstić information content (AvgIpc) is 2.54. The van der Waals surface area contributed by atoms with Crippen molar-refractivity contribution in [1.82, 2.24) is 4.90 Å². The van der Waals surface area contributed by atoms with Crippen molar-refractivity contribution in [3.05, 3.63) is 35.9 Å². The van der Waals surface area contributed by atoms with Crippen LogP contribution in [0.1, 0.15) is 37.7 Å². The van der Waals surface area contributed by atoms with Crippen LogP contribution in [-0.2, 0) is 4.74 Å². The van der Waals surface area contributed by atoms with E-state index in [4.69, 9.17) is 10.5 Å². The predicted octanol–water partition coefficient (Wildman–Crippen LogP) is 2.86. The SMILES string of the molecule is COCC(C)N(C)C1CC(c2ccccc2)CCC1CN. The Labute approximate surface area is 129 Å². The van der Waals surface area contributed by atoms with Crippen molar-refractivity contribution in [3.8, 4) is 0 Å². The van der Waals surface area contributed by atoms with Crippen LogP contribution in [0.5, 0.6) is 0 Å². The van der Waals surface area contributed by atoms with Crippen LogP contribution in [0, 0.1) is 5.92 Å². The minimum absolute atomic E-state index is 0.434. The molecule has 2 rings (SSSR count). The number of hydrogen-bond acceptors (Lipinski definition) is 3. The van der Waals surface area contributed by atoms with E-state index in [0.717, 1.165) is 13.2 Å². The number of methoxy groups -OCH3 is 1. The quantitative estimate of drug-likeness (QED) is 0.875. The molecule has 1 aliphatic carbocycles. The Morgan fingerprint density at radius 2 is 2.00 bits per heavy atom. The van der Waals surface area contributed by atoms with E-state index in [0.29, 0.717) is 23.9 Å². The van der Waals surface area contributed by atoms with Gasteiger partial charge in [-0.25, -0.2) is 0 Å².